The van der Waals surface area contributed by atoms with Crippen LogP contribution in [-0.4, -0.2) is 16.0 Å². The van der Waals surface area contributed by atoms with Crippen molar-refractivity contribution in [2.24, 2.45) is 17.8 Å². The van der Waals surface area contributed by atoms with Crippen LogP contribution in [0.5, 0.6) is 0 Å². The quantitative estimate of drug-likeness (QED) is 0.768. The number of nitrogens with zero attached hydrogens (tertiary/aromatic N) is 2. The van der Waals surface area contributed by atoms with Crippen molar-refractivity contribution in [2.45, 2.75) is 46.0 Å². The SMILES string of the molecule is CCc1nnc(C)cc1C(=O)C1CC2CCC1C2. The molecule has 0 N–H and O–H groups in total. The van der Waals surface area contributed by atoms with Crippen molar-refractivity contribution in [1.29, 1.82) is 0 Å². The van der Waals surface area contributed by atoms with E-state index in [0.29, 0.717) is 11.7 Å². The van der Waals surface area contributed by atoms with Gasteiger partial charge in [0.15, 0.2) is 5.78 Å². The lowest BCUT2D eigenvalue weighted by atomic mass is 9.82. The Kier molecular flexibility index (Phi) is 2.92. The number of carbonyl (C=O) groups is 1. The molecule has 3 rings (SSSR count). The second-order valence-electron chi connectivity index (χ2n) is 5.85. The fourth-order valence-corrected chi connectivity index (χ4v) is 3.75. The van der Waals surface area contributed by atoms with E-state index in [4.69, 9.17) is 0 Å². The number of fused-ring (bicyclic) bond motifs is 2. The third kappa shape index (κ3) is 1.86. The molecule has 2 aliphatic carbocycles. The maximum absolute atomic E-state index is 12.7. The van der Waals surface area contributed by atoms with Gasteiger partial charge in [-0.05, 0) is 50.5 Å². The molecular formula is C15H20N2O. The zero-order chi connectivity index (χ0) is 12.7. The Morgan fingerprint density at radius 3 is 2.78 bits per heavy atom. The van der Waals surface area contributed by atoms with Gasteiger partial charge in [0, 0.05) is 11.5 Å². The highest BCUT2D eigenvalue weighted by Gasteiger charge is 2.43. The summed E-state index contributed by atoms with van der Waals surface area (Å²) in [5, 5.41) is 8.25. The molecule has 1 heterocycles. The van der Waals surface area contributed by atoms with Gasteiger partial charge in [-0.15, -0.1) is 0 Å². The normalized spacial score (nSPS) is 29.8. The first kappa shape index (κ1) is 11.8. The van der Waals surface area contributed by atoms with Gasteiger partial charge < -0.3 is 0 Å². The molecule has 3 nitrogen and oxygen atoms in total. The molecule has 3 unspecified atom stereocenters. The molecule has 2 aliphatic rings. The molecule has 18 heavy (non-hydrogen) atoms. The van der Waals surface area contributed by atoms with E-state index in [0.717, 1.165) is 35.7 Å². The second kappa shape index (κ2) is 4.45. The molecule has 96 valence electrons. The second-order valence-corrected chi connectivity index (χ2v) is 5.85. The molecule has 1 aromatic heterocycles. The number of carbonyl (C=O) groups excluding carboxylic acids is 1. The topological polar surface area (TPSA) is 42.9 Å². The number of ketones is 1. The molecule has 2 saturated carbocycles. The summed E-state index contributed by atoms with van der Waals surface area (Å²) in [5.41, 5.74) is 2.55. The number of aromatic nitrogens is 2. The highest BCUT2D eigenvalue weighted by molar-refractivity contribution is 5.99. The number of hydrogen-bond acceptors (Lipinski definition) is 3. The number of Topliss-reactive ketones (excluding diaryl/α,β-unsaturated/α-hetero) is 1. The van der Waals surface area contributed by atoms with Crippen LogP contribution in [0.2, 0.25) is 0 Å². The number of hydrogen-bond donors (Lipinski definition) is 0. The summed E-state index contributed by atoms with van der Waals surface area (Å²) in [4.78, 5) is 12.7. The van der Waals surface area contributed by atoms with E-state index in [-0.39, 0.29) is 5.92 Å². The predicted molar refractivity (Wildman–Crippen MR) is 69.4 cm³/mol. The average Bonchev–Trinajstić information content (AvgIpc) is 3.00. The Balaban J connectivity index is 1.90. The van der Waals surface area contributed by atoms with Crippen LogP contribution in [0.1, 0.15) is 54.4 Å². The zero-order valence-electron chi connectivity index (χ0n) is 11.1. The average molecular weight is 244 g/mol. The molecule has 0 radical (unpaired) electrons. The van der Waals surface area contributed by atoms with Gasteiger partial charge >= 0.3 is 0 Å². The highest BCUT2D eigenvalue weighted by Crippen LogP contribution is 2.49. The molecule has 0 aromatic carbocycles. The summed E-state index contributed by atoms with van der Waals surface area (Å²) in [7, 11) is 0. The lowest BCUT2D eigenvalue weighted by Crippen LogP contribution is -2.23. The lowest BCUT2D eigenvalue weighted by molar-refractivity contribution is 0.0873. The van der Waals surface area contributed by atoms with E-state index < -0.39 is 0 Å². The summed E-state index contributed by atoms with van der Waals surface area (Å²) in [5.74, 6) is 2.04. The van der Waals surface area contributed by atoms with Gasteiger partial charge in [-0.25, -0.2) is 0 Å². The lowest BCUT2D eigenvalue weighted by Gasteiger charge is -2.21. The van der Waals surface area contributed by atoms with E-state index in [1.54, 1.807) is 0 Å². The van der Waals surface area contributed by atoms with Gasteiger partial charge in [0.2, 0.25) is 0 Å². The third-order valence-corrected chi connectivity index (χ3v) is 4.67. The van der Waals surface area contributed by atoms with Crippen molar-refractivity contribution in [2.75, 3.05) is 0 Å². The minimum absolute atomic E-state index is 0.262. The Labute approximate surface area is 108 Å². The number of rotatable bonds is 3. The molecule has 3 heteroatoms. The van der Waals surface area contributed by atoms with Crippen molar-refractivity contribution >= 4 is 5.78 Å². The molecule has 0 amide bonds. The van der Waals surface area contributed by atoms with Gasteiger partial charge in [-0.2, -0.15) is 10.2 Å². The number of aryl methyl sites for hydroxylation is 2. The van der Waals surface area contributed by atoms with Crippen LogP contribution in [0, 0.1) is 24.7 Å². The minimum atomic E-state index is 0.262. The van der Waals surface area contributed by atoms with Crippen LogP contribution in [-0.2, 0) is 6.42 Å². The van der Waals surface area contributed by atoms with Crippen LogP contribution in [0.4, 0.5) is 0 Å². The van der Waals surface area contributed by atoms with Gasteiger partial charge in [-0.3, -0.25) is 4.79 Å². The summed E-state index contributed by atoms with van der Waals surface area (Å²) >= 11 is 0. The van der Waals surface area contributed by atoms with Crippen LogP contribution < -0.4 is 0 Å². The van der Waals surface area contributed by atoms with Crippen LogP contribution in [0.3, 0.4) is 0 Å². The summed E-state index contributed by atoms with van der Waals surface area (Å²) in [6.45, 7) is 3.95. The monoisotopic (exact) mass is 244 g/mol. The van der Waals surface area contributed by atoms with Crippen LogP contribution in [0.25, 0.3) is 0 Å². The maximum Gasteiger partial charge on any atom is 0.168 e. The van der Waals surface area contributed by atoms with Crippen LogP contribution in [0.15, 0.2) is 6.07 Å². The molecule has 0 saturated heterocycles. The predicted octanol–water partition coefficient (Wildman–Crippen LogP) is 2.97. The molecule has 2 bridgehead atoms. The summed E-state index contributed by atoms with van der Waals surface area (Å²) < 4.78 is 0. The molecule has 3 atom stereocenters. The third-order valence-electron chi connectivity index (χ3n) is 4.67. The minimum Gasteiger partial charge on any atom is -0.294 e. The van der Waals surface area contributed by atoms with Crippen molar-refractivity contribution < 1.29 is 4.79 Å². The van der Waals surface area contributed by atoms with Crippen molar-refractivity contribution in [3.63, 3.8) is 0 Å². The Morgan fingerprint density at radius 1 is 1.33 bits per heavy atom. The first-order valence-electron chi connectivity index (χ1n) is 7.06. The summed E-state index contributed by atoms with van der Waals surface area (Å²) in [6.07, 6.45) is 5.75. The largest absolute Gasteiger partial charge is 0.294 e. The van der Waals surface area contributed by atoms with E-state index in [1.807, 2.05) is 19.9 Å². The fraction of sp³-hybridized carbons (Fsp3) is 0.667. The first-order valence-corrected chi connectivity index (χ1v) is 7.06. The van der Waals surface area contributed by atoms with Crippen molar-refractivity contribution in [1.82, 2.24) is 10.2 Å². The zero-order valence-corrected chi connectivity index (χ0v) is 11.1. The Morgan fingerprint density at radius 2 is 2.17 bits per heavy atom. The Bertz CT molecular complexity index is 483. The van der Waals surface area contributed by atoms with E-state index >= 15 is 0 Å². The van der Waals surface area contributed by atoms with Gasteiger partial charge in [0.05, 0.1) is 11.4 Å². The highest BCUT2D eigenvalue weighted by atomic mass is 16.1. The van der Waals surface area contributed by atoms with Crippen LogP contribution >= 0.6 is 0 Å². The smallest absolute Gasteiger partial charge is 0.168 e. The van der Waals surface area contributed by atoms with E-state index in [1.165, 1.54) is 19.3 Å². The standard InChI is InChI=1S/C15H20N2O/c1-3-14-13(6-9(2)16-17-14)15(18)12-8-10-4-5-11(12)7-10/h6,10-12H,3-5,7-8H2,1-2H3. The first-order chi connectivity index (χ1) is 8.69. The molecule has 0 spiro atoms. The van der Waals surface area contributed by atoms with Crippen molar-refractivity contribution in [3.8, 4) is 0 Å². The van der Waals surface area contributed by atoms with Gasteiger partial charge in [0.25, 0.3) is 0 Å². The van der Waals surface area contributed by atoms with Crippen molar-refractivity contribution in [3.05, 3.63) is 23.0 Å². The molecule has 1 aromatic rings. The van der Waals surface area contributed by atoms with E-state index in [2.05, 4.69) is 10.2 Å². The maximum atomic E-state index is 12.7. The van der Waals surface area contributed by atoms with Gasteiger partial charge in [0.1, 0.15) is 0 Å². The Hall–Kier alpha value is -1.25. The molecule has 0 aliphatic heterocycles. The molecular weight excluding hydrogens is 224 g/mol. The van der Waals surface area contributed by atoms with Gasteiger partial charge in [-0.1, -0.05) is 13.3 Å². The van der Waals surface area contributed by atoms with E-state index in [9.17, 15) is 4.79 Å². The fourth-order valence-electron chi connectivity index (χ4n) is 3.75. The summed E-state index contributed by atoms with van der Waals surface area (Å²) in [6, 6.07) is 1.93. The molecule has 2 fully saturated rings.